The quantitative estimate of drug-likeness (QED) is 0.210. The Hall–Kier alpha value is -3.34. The van der Waals surface area contributed by atoms with Crippen LogP contribution in [-0.4, -0.2) is 76.5 Å². The van der Waals surface area contributed by atoms with E-state index in [0.717, 1.165) is 49.6 Å². The molecule has 2 fully saturated rings. The van der Waals surface area contributed by atoms with Gasteiger partial charge in [0.2, 0.25) is 11.9 Å². The molecule has 0 aliphatic carbocycles. The smallest absolute Gasteiger partial charge is 0.274 e. The molecule has 1 aromatic heterocycles. The Bertz CT molecular complexity index is 1380. The largest absolute Gasteiger partial charge is 0.491 e. The summed E-state index contributed by atoms with van der Waals surface area (Å²) in [5.74, 6) is 6.89. The number of rotatable bonds is 8. The van der Waals surface area contributed by atoms with Crippen LogP contribution < -0.4 is 20.9 Å². The first-order chi connectivity index (χ1) is 19.8. The van der Waals surface area contributed by atoms with Crippen LogP contribution in [0.2, 0.25) is 5.02 Å². The molecule has 0 bridgehead atoms. The molecule has 3 N–H and O–H groups in total. The van der Waals surface area contributed by atoms with Crippen molar-refractivity contribution in [2.45, 2.75) is 58.0 Å². The summed E-state index contributed by atoms with van der Waals surface area (Å²) in [5, 5.41) is 4.79. The highest BCUT2D eigenvalue weighted by Crippen LogP contribution is 2.39. The van der Waals surface area contributed by atoms with Gasteiger partial charge in [0.15, 0.2) is 0 Å². The highest BCUT2D eigenvalue weighted by Gasteiger charge is 2.31. The van der Waals surface area contributed by atoms with Crippen LogP contribution in [0.5, 0.6) is 5.75 Å². The molecule has 2 aromatic rings. The third kappa shape index (κ3) is 6.29. The van der Waals surface area contributed by atoms with Crippen molar-refractivity contribution in [1.82, 2.24) is 24.7 Å². The van der Waals surface area contributed by atoms with Crippen molar-refractivity contribution < 1.29 is 14.3 Å². The highest BCUT2D eigenvalue weighted by molar-refractivity contribution is 6.36. The molecule has 0 saturated carbocycles. The van der Waals surface area contributed by atoms with E-state index in [1.807, 2.05) is 36.6 Å². The Morgan fingerprint density at radius 2 is 2.00 bits per heavy atom. The van der Waals surface area contributed by atoms with Gasteiger partial charge in [0, 0.05) is 36.9 Å². The topological polar surface area (TPSA) is 109 Å². The normalized spacial score (nSPS) is 21.6. The van der Waals surface area contributed by atoms with E-state index in [0.29, 0.717) is 47.1 Å². The lowest BCUT2D eigenvalue weighted by molar-refractivity contribution is -0.126. The number of halogens is 1. The standard InChI is InChI=1S/C30H40ClN7O3/c1-4-26(39)36-14-6-5-9-23(19-36)37-28-24(10-11-25(27(28)31)41-16-15-35-12-7-8-13-35)34-30(37)38(32)29(40)22-17-20(2)33-21(3)18-22/h4,10-11,17-18,20,23,33H,1,5-9,12-16,19,32H2,2-3H3/t20?,23-/m1/s1. The van der Waals surface area contributed by atoms with E-state index in [9.17, 15) is 9.59 Å². The fraction of sp³-hybridized carbons (Fsp3) is 0.500. The number of hydrogen-bond acceptors (Lipinski definition) is 7. The van der Waals surface area contributed by atoms with Gasteiger partial charge in [-0.15, -0.1) is 0 Å². The lowest BCUT2D eigenvalue weighted by Crippen LogP contribution is -2.42. The van der Waals surface area contributed by atoms with Crippen molar-refractivity contribution in [1.29, 1.82) is 0 Å². The van der Waals surface area contributed by atoms with Gasteiger partial charge in [0.25, 0.3) is 5.91 Å². The van der Waals surface area contributed by atoms with Crippen LogP contribution in [0.1, 0.15) is 52.0 Å². The third-order valence-electron chi connectivity index (χ3n) is 8.04. The SMILES string of the molecule is C=CC(=O)N1CCCC[C@@H](n2c(N(N)C(=O)C3=CC(C)NC(C)=C3)nc3ccc(OCCN4CCCC4)c(Cl)c32)C1. The highest BCUT2D eigenvalue weighted by atomic mass is 35.5. The number of allylic oxidation sites excluding steroid dienone is 1. The zero-order valence-electron chi connectivity index (χ0n) is 23.9. The monoisotopic (exact) mass is 581 g/mol. The Balaban J connectivity index is 1.54. The fourth-order valence-corrected chi connectivity index (χ4v) is 6.36. The fourth-order valence-electron chi connectivity index (χ4n) is 6.05. The first-order valence-corrected chi connectivity index (χ1v) is 14.9. The number of nitrogens with two attached hydrogens (primary N) is 1. The van der Waals surface area contributed by atoms with E-state index in [2.05, 4.69) is 16.8 Å². The number of nitrogens with zero attached hydrogens (tertiary/aromatic N) is 5. The molecule has 2 amide bonds. The molecule has 5 rings (SSSR count). The van der Waals surface area contributed by atoms with E-state index in [1.165, 1.54) is 18.9 Å². The number of aromatic nitrogens is 2. The first-order valence-electron chi connectivity index (χ1n) is 14.5. The Morgan fingerprint density at radius 3 is 2.73 bits per heavy atom. The molecule has 1 unspecified atom stereocenters. The number of dihydropyridines is 1. The molecule has 10 nitrogen and oxygen atoms in total. The number of hydrogen-bond donors (Lipinski definition) is 2. The zero-order chi connectivity index (χ0) is 29.1. The maximum Gasteiger partial charge on any atom is 0.274 e. The molecule has 3 aliphatic heterocycles. The van der Waals surface area contributed by atoms with Crippen LogP contribution in [0.3, 0.4) is 0 Å². The first kappa shape index (κ1) is 29.2. The number of benzene rings is 1. The van der Waals surface area contributed by atoms with Gasteiger partial charge in [-0.2, -0.15) is 0 Å². The van der Waals surface area contributed by atoms with Gasteiger partial charge in [-0.1, -0.05) is 18.2 Å². The van der Waals surface area contributed by atoms with E-state index < -0.39 is 0 Å². The zero-order valence-corrected chi connectivity index (χ0v) is 24.7. The summed E-state index contributed by atoms with van der Waals surface area (Å²) in [4.78, 5) is 35.3. The van der Waals surface area contributed by atoms with E-state index in [-0.39, 0.29) is 29.8 Å². The van der Waals surface area contributed by atoms with Gasteiger partial charge in [-0.05, 0) is 89.4 Å². The van der Waals surface area contributed by atoms with Crippen molar-refractivity contribution in [2.75, 3.05) is 44.3 Å². The molecule has 4 heterocycles. The molecule has 220 valence electrons. The van der Waals surface area contributed by atoms with Crippen LogP contribution in [0, 0.1) is 0 Å². The average Bonchev–Trinajstić information content (AvgIpc) is 3.54. The molecule has 2 saturated heterocycles. The number of hydrazine groups is 1. The van der Waals surface area contributed by atoms with Gasteiger partial charge in [-0.25, -0.2) is 15.8 Å². The summed E-state index contributed by atoms with van der Waals surface area (Å²) in [6, 6.07) is 3.45. The minimum absolute atomic E-state index is 0.0128. The number of carbonyl (C=O) groups is 2. The second kappa shape index (κ2) is 12.7. The average molecular weight is 582 g/mol. The number of anilines is 1. The van der Waals surface area contributed by atoms with Crippen molar-refractivity contribution in [3.8, 4) is 5.75 Å². The van der Waals surface area contributed by atoms with Crippen molar-refractivity contribution in [2.24, 2.45) is 5.84 Å². The maximum atomic E-state index is 13.7. The third-order valence-corrected chi connectivity index (χ3v) is 8.40. The number of carbonyl (C=O) groups excluding carboxylic acids is 2. The predicted octanol–water partition coefficient (Wildman–Crippen LogP) is 3.93. The molecule has 3 aliphatic rings. The van der Waals surface area contributed by atoms with Gasteiger partial charge < -0.3 is 19.5 Å². The summed E-state index contributed by atoms with van der Waals surface area (Å²) in [6.45, 7) is 12.2. The second-order valence-corrected chi connectivity index (χ2v) is 11.5. The summed E-state index contributed by atoms with van der Waals surface area (Å²) in [6.07, 6.45) is 9.93. The van der Waals surface area contributed by atoms with Crippen LogP contribution >= 0.6 is 11.6 Å². The molecular formula is C30H40ClN7O3. The van der Waals surface area contributed by atoms with Crippen LogP contribution in [0.25, 0.3) is 11.0 Å². The van der Waals surface area contributed by atoms with Crippen molar-refractivity contribution in [3.63, 3.8) is 0 Å². The number of amides is 2. The molecule has 41 heavy (non-hydrogen) atoms. The van der Waals surface area contributed by atoms with Crippen molar-refractivity contribution >= 4 is 40.4 Å². The molecular weight excluding hydrogens is 542 g/mol. The second-order valence-electron chi connectivity index (χ2n) is 11.1. The Morgan fingerprint density at radius 1 is 1.24 bits per heavy atom. The van der Waals surface area contributed by atoms with Gasteiger partial charge in [0.1, 0.15) is 17.4 Å². The Labute approximate surface area is 246 Å². The van der Waals surface area contributed by atoms with Crippen LogP contribution in [-0.2, 0) is 9.59 Å². The Kier molecular flexibility index (Phi) is 9.01. The molecule has 0 spiro atoms. The van der Waals surface area contributed by atoms with E-state index >= 15 is 0 Å². The minimum atomic E-state index is -0.375. The minimum Gasteiger partial charge on any atom is -0.491 e. The number of nitrogens with one attached hydrogen (secondary N) is 1. The van der Waals surface area contributed by atoms with Crippen LogP contribution in [0.15, 0.2) is 48.2 Å². The summed E-state index contributed by atoms with van der Waals surface area (Å²) in [7, 11) is 0. The number of likely N-dealkylation sites (tertiary alicyclic amines) is 2. The molecule has 0 radical (unpaired) electrons. The van der Waals surface area contributed by atoms with Gasteiger partial charge >= 0.3 is 0 Å². The number of ether oxygens (including phenoxy) is 1. The predicted molar refractivity (Wildman–Crippen MR) is 162 cm³/mol. The van der Waals surface area contributed by atoms with Crippen LogP contribution in [0.4, 0.5) is 5.95 Å². The maximum absolute atomic E-state index is 13.7. The summed E-state index contributed by atoms with van der Waals surface area (Å²) < 4.78 is 8.09. The van der Waals surface area contributed by atoms with E-state index in [1.54, 1.807) is 11.0 Å². The lowest BCUT2D eigenvalue weighted by atomic mass is 10.1. The van der Waals surface area contributed by atoms with Gasteiger partial charge in [-0.3, -0.25) is 14.5 Å². The van der Waals surface area contributed by atoms with E-state index in [4.69, 9.17) is 27.2 Å². The van der Waals surface area contributed by atoms with Crippen molar-refractivity contribution in [3.05, 3.63) is 53.2 Å². The molecule has 11 heteroatoms. The van der Waals surface area contributed by atoms with Gasteiger partial charge in [0.05, 0.1) is 17.1 Å². The summed E-state index contributed by atoms with van der Waals surface area (Å²) >= 11 is 7.04. The lowest BCUT2D eigenvalue weighted by Gasteiger charge is -2.28. The number of imidazole rings is 1. The summed E-state index contributed by atoms with van der Waals surface area (Å²) in [5.41, 5.74) is 2.61. The number of fused-ring (bicyclic) bond motifs is 1. The molecule has 1 aromatic carbocycles. The molecule has 2 atom stereocenters.